The second-order valence-corrected chi connectivity index (χ2v) is 11.0. The number of hydrogen-bond acceptors (Lipinski definition) is 4. The van der Waals surface area contributed by atoms with Gasteiger partial charge in [0.1, 0.15) is 17.6 Å². The Morgan fingerprint density at radius 3 is 2.33 bits per heavy atom. The van der Waals surface area contributed by atoms with Gasteiger partial charge in [-0.15, -0.1) is 11.8 Å². The zero-order valence-electron chi connectivity index (χ0n) is 22.5. The van der Waals surface area contributed by atoms with Crippen LogP contribution in [0.4, 0.5) is 4.39 Å². The molecule has 39 heavy (non-hydrogen) atoms. The van der Waals surface area contributed by atoms with Gasteiger partial charge in [-0.2, -0.15) is 0 Å². The second kappa shape index (κ2) is 14.7. The summed E-state index contributed by atoms with van der Waals surface area (Å²) in [7, 11) is 1.63. The van der Waals surface area contributed by atoms with E-state index in [4.69, 9.17) is 4.74 Å². The molecule has 0 spiro atoms. The lowest BCUT2D eigenvalue weighted by Crippen LogP contribution is -2.53. The molecule has 0 radical (unpaired) electrons. The van der Waals surface area contributed by atoms with Crippen molar-refractivity contribution in [1.82, 2.24) is 10.2 Å². The van der Waals surface area contributed by atoms with E-state index in [2.05, 4.69) is 5.32 Å². The molecule has 1 aliphatic carbocycles. The van der Waals surface area contributed by atoms with Crippen LogP contribution < -0.4 is 10.1 Å². The van der Waals surface area contributed by atoms with Crippen LogP contribution in [0.15, 0.2) is 78.9 Å². The first kappa shape index (κ1) is 28.7. The number of nitrogens with zero attached hydrogens (tertiary/aromatic N) is 1. The van der Waals surface area contributed by atoms with E-state index in [1.807, 2.05) is 54.6 Å². The molecule has 5 nitrogen and oxygen atoms in total. The quantitative estimate of drug-likeness (QED) is 0.295. The summed E-state index contributed by atoms with van der Waals surface area (Å²) in [6.07, 6.45) is 5.62. The summed E-state index contributed by atoms with van der Waals surface area (Å²) in [5.41, 5.74) is 2.43. The molecule has 0 aromatic heterocycles. The van der Waals surface area contributed by atoms with E-state index in [-0.39, 0.29) is 36.0 Å². The maximum absolute atomic E-state index is 14.8. The summed E-state index contributed by atoms with van der Waals surface area (Å²) in [4.78, 5) is 29.1. The van der Waals surface area contributed by atoms with Gasteiger partial charge in [-0.25, -0.2) is 4.39 Å². The molecule has 1 fully saturated rings. The van der Waals surface area contributed by atoms with E-state index < -0.39 is 6.04 Å². The van der Waals surface area contributed by atoms with Crippen LogP contribution in [0.1, 0.15) is 48.8 Å². The maximum atomic E-state index is 14.8. The number of amides is 2. The number of carbonyl (C=O) groups excluding carboxylic acids is 2. The molecular formula is C32H37FN2O3S. The molecule has 0 bridgehead atoms. The van der Waals surface area contributed by atoms with Gasteiger partial charge in [-0.3, -0.25) is 9.59 Å². The molecule has 1 N–H and O–H groups in total. The largest absolute Gasteiger partial charge is 0.497 e. The minimum absolute atomic E-state index is 0.0319. The number of hydrogen-bond donors (Lipinski definition) is 1. The number of thioether (sulfide) groups is 1. The highest BCUT2D eigenvalue weighted by Crippen LogP contribution is 2.22. The van der Waals surface area contributed by atoms with Crippen molar-refractivity contribution >= 4 is 23.6 Å². The molecule has 1 unspecified atom stereocenters. The molecule has 3 aromatic carbocycles. The first-order valence-corrected chi connectivity index (χ1v) is 14.8. The Morgan fingerprint density at radius 2 is 1.64 bits per heavy atom. The van der Waals surface area contributed by atoms with E-state index in [9.17, 15) is 14.0 Å². The Hall–Kier alpha value is -3.32. The van der Waals surface area contributed by atoms with E-state index in [1.165, 1.54) is 24.2 Å². The average molecular weight is 549 g/mol. The number of benzene rings is 3. The summed E-state index contributed by atoms with van der Waals surface area (Å²) in [6, 6.07) is 23.3. The van der Waals surface area contributed by atoms with Crippen LogP contribution in [0.5, 0.6) is 5.75 Å². The van der Waals surface area contributed by atoms with Crippen LogP contribution in [0.3, 0.4) is 0 Å². The second-order valence-electron chi connectivity index (χ2n) is 10.0. The van der Waals surface area contributed by atoms with Gasteiger partial charge in [0.15, 0.2) is 0 Å². The summed E-state index contributed by atoms with van der Waals surface area (Å²) in [6.45, 7) is 0.0319. The van der Waals surface area contributed by atoms with Gasteiger partial charge in [-0.05, 0) is 42.2 Å². The highest BCUT2D eigenvalue weighted by atomic mass is 32.2. The lowest BCUT2D eigenvalue weighted by molar-refractivity contribution is -0.139. The normalized spacial score (nSPS) is 14.4. The third-order valence-electron chi connectivity index (χ3n) is 7.17. The van der Waals surface area contributed by atoms with Gasteiger partial charge in [0, 0.05) is 30.3 Å². The molecule has 7 heteroatoms. The fourth-order valence-corrected chi connectivity index (χ4v) is 5.84. The third kappa shape index (κ3) is 8.59. The first-order chi connectivity index (χ1) is 19.0. The maximum Gasteiger partial charge on any atom is 0.243 e. The molecule has 0 saturated heterocycles. The van der Waals surface area contributed by atoms with E-state index in [0.717, 1.165) is 42.6 Å². The van der Waals surface area contributed by atoms with Crippen molar-refractivity contribution in [2.75, 3.05) is 12.9 Å². The molecule has 1 aliphatic rings. The van der Waals surface area contributed by atoms with Crippen molar-refractivity contribution in [3.05, 3.63) is 101 Å². The smallest absolute Gasteiger partial charge is 0.243 e. The minimum Gasteiger partial charge on any atom is -0.497 e. The van der Waals surface area contributed by atoms with Crippen LogP contribution in [0.2, 0.25) is 0 Å². The SMILES string of the molecule is COc1ccc(CSCC(=O)N(Cc2ccccc2F)C(Cc2ccccc2)C(=O)NC2CCCCC2)cc1. The van der Waals surface area contributed by atoms with Gasteiger partial charge in [0.25, 0.3) is 0 Å². The van der Waals surface area contributed by atoms with Crippen LogP contribution in [-0.2, 0) is 28.3 Å². The molecule has 3 aromatic rings. The van der Waals surface area contributed by atoms with Crippen molar-refractivity contribution in [3.63, 3.8) is 0 Å². The highest BCUT2D eigenvalue weighted by Gasteiger charge is 2.32. The third-order valence-corrected chi connectivity index (χ3v) is 8.16. The van der Waals surface area contributed by atoms with Crippen LogP contribution in [0, 0.1) is 5.82 Å². The number of carbonyl (C=O) groups is 2. The van der Waals surface area contributed by atoms with Crippen molar-refractivity contribution in [2.24, 2.45) is 0 Å². The molecule has 2 amide bonds. The van der Waals surface area contributed by atoms with Crippen LogP contribution in [0.25, 0.3) is 0 Å². The Morgan fingerprint density at radius 1 is 0.949 bits per heavy atom. The first-order valence-electron chi connectivity index (χ1n) is 13.6. The Labute approximate surface area is 235 Å². The van der Waals surface area contributed by atoms with Crippen molar-refractivity contribution in [2.45, 2.75) is 62.9 Å². The lowest BCUT2D eigenvalue weighted by atomic mass is 9.94. The number of rotatable bonds is 12. The molecule has 4 rings (SSSR count). The average Bonchev–Trinajstić information content (AvgIpc) is 2.97. The molecule has 1 saturated carbocycles. The zero-order valence-corrected chi connectivity index (χ0v) is 23.3. The molecule has 1 atom stereocenters. The highest BCUT2D eigenvalue weighted by molar-refractivity contribution is 7.99. The predicted octanol–water partition coefficient (Wildman–Crippen LogP) is 6.16. The molecule has 206 valence electrons. The number of ether oxygens (including phenoxy) is 1. The van der Waals surface area contributed by atoms with Crippen LogP contribution in [-0.4, -0.2) is 41.7 Å². The van der Waals surface area contributed by atoms with Gasteiger partial charge in [-0.1, -0.05) is 79.9 Å². The minimum atomic E-state index is -0.747. The summed E-state index contributed by atoms with van der Waals surface area (Å²) in [5.74, 6) is 0.867. The Balaban J connectivity index is 1.55. The number of halogens is 1. The molecular weight excluding hydrogens is 511 g/mol. The topological polar surface area (TPSA) is 58.6 Å². The summed E-state index contributed by atoms with van der Waals surface area (Å²) < 4.78 is 20.0. The zero-order chi connectivity index (χ0) is 27.5. The van der Waals surface area contributed by atoms with Crippen LogP contribution >= 0.6 is 11.8 Å². The van der Waals surface area contributed by atoms with E-state index in [1.54, 1.807) is 30.2 Å². The van der Waals surface area contributed by atoms with Crippen molar-refractivity contribution in [3.8, 4) is 5.75 Å². The van der Waals surface area contributed by atoms with Crippen molar-refractivity contribution < 1.29 is 18.7 Å². The predicted molar refractivity (Wildman–Crippen MR) is 155 cm³/mol. The van der Waals surface area contributed by atoms with Gasteiger partial charge < -0.3 is 15.0 Å². The number of methoxy groups -OCH3 is 1. The molecule has 0 heterocycles. The summed E-state index contributed by atoms with van der Waals surface area (Å²) in [5, 5.41) is 3.22. The summed E-state index contributed by atoms with van der Waals surface area (Å²) >= 11 is 1.48. The molecule has 0 aliphatic heterocycles. The Bertz CT molecular complexity index is 1200. The van der Waals surface area contributed by atoms with E-state index in [0.29, 0.717) is 17.7 Å². The Kier molecular flexibility index (Phi) is 10.8. The van der Waals surface area contributed by atoms with Gasteiger partial charge in [0.2, 0.25) is 11.8 Å². The monoisotopic (exact) mass is 548 g/mol. The number of nitrogens with one attached hydrogen (secondary N) is 1. The fraction of sp³-hybridized carbons (Fsp3) is 0.375. The van der Waals surface area contributed by atoms with Crippen molar-refractivity contribution in [1.29, 1.82) is 0 Å². The van der Waals surface area contributed by atoms with E-state index >= 15 is 0 Å². The fourth-order valence-electron chi connectivity index (χ4n) is 4.97. The van der Waals surface area contributed by atoms with Gasteiger partial charge >= 0.3 is 0 Å². The standard InChI is InChI=1S/C32H37FN2O3S/c1-38-28-18-16-25(17-19-28)22-39-23-31(36)35(21-26-12-8-9-15-29(26)33)30(20-24-10-4-2-5-11-24)32(37)34-27-13-6-3-7-14-27/h2,4-5,8-12,15-19,27,30H,3,6-7,13-14,20-23H2,1H3,(H,34,37). The van der Waals surface area contributed by atoms with Gasteiger partial charge in [0.05, 0.1) is 12.9 Å². The lowest BCUT2D eigenvalue weighted by Gasteiger charge is -2.33.